The van der Waals surface area contributed by atoms with Gasteiger partial charge in [0.05, 0.1) is 5.56 Å². The Morgan fingerprint density at radius 2 is 2.29 bits per heavy atom. The van der Waals surface area contributed by atoms with E-state index < -0.39 is 0 Å². The molecule has 1 aliphatic rings. The second kappa shape index (κ2) is 4.84. The Bertz CT molecular complexity index is 413. The molecule has 0 atom stereocenters. The highest BCUT2D eigenvalue weighted by Crippen LogP contribution is 2.47. The van der Waals surface area contributed by atoms with Crippen LogP contribution in [-0.4, -0.2) is 24.0 Å². The Morgan fingerprint density at radius 3 is 2.88 bits per heavy atom. The molecule has 1 heterocycles. The fourth-order valence-corrected chi connectivity index (χ4v) is 2.05. The number of aryl methyl sites for hydroxylation is 1. The van der Waals surface area contributed by atoms with E-state index >= 15 is 0 Å². The molecule has 92 valence electrons. The molecular formula is C13H19N3O. The summed E-state index contributed by atoms with van der Waals surface area (Å²) in [5.41, 5.74) is 7.48. The predicted molar refractivity (Wildman–Crippen MR) is 66.6 cm³/mol. The van der Waals surface area contributed by atoms with Gasteiger partial charge in [-0.3, -0.25) is 9.78 Å². The average Bonchev–Trinajstić information content (AvgIpc) is 3.07. The molecule has 0 radical (unpaired) electrons. The molecule has 1 aliphatic carbocycles. The van der Waals surface area contributed by atoms with Crippen molar-refractivity contribution in [3.05, 3.63) is 29.6 Å². The van der Waals surface area contributed by atoms with E-state index in [1.54, 1.807) is 12.4 Å². The van der Waals surface area contributed by atoms with Gasteiger partial charge in [0.15, 0.2) is 0 Å². The van der Waals surface area contributed by atoms with E-state index in [4.69, 9.17) is 5.73 Å². The Morgan fingerprint density at radius 1 is 1.53 bits per heavy atom. The van der Waals surface area contributed by atoms with E-state index in [0.29, 0.717) is 12.1 Å². The minimum Gasteiger partial charge on any atom is -0.351 e. The van der Waals surface area contributed by atoms with Gasteiger partial charge in [-0.05, 0) is 49.8 Å². The van der Waals surface area contributed by atoms with Crippen molar-refractivity contribution in [2.45, 2.75) is 26.2 Å². The first-order chi connectivity index (χ1) is 8.15. The minimum absolute atomic E-state index is 0.0375. The number of rotatable bonds is 5. The van der Waals surface area contributed by atoms with Crippen LogP contribution in [0.25, 0.3) is 0 Å². The van der Waals surface area contributed by atoms with Crippen molar-refractivity contribution in [3.63, 3.8) is 0 Å². The van der Waals surface area contributed by atoms with Gasteiger partial charge in [0.1, 0.15) is 0 Å². The summed E-state index contributed by atoms with van der Waals surface area (Å²) in [5.74, 6) is -0.0375. The second-order valence-corrected chi connectivity index (χ2v) is 4.97. The summed E-state index contributed by atoms with van der Waals surface area (Å²) in [6.45, 7) is 3.36. The number of hydrogen-bond acceptors (Lipinski definition) is 3. The molecule has 4 heteroatoms. The lowest BCUT2D eigenvalue weighted by atomic mass is 10.0. The maximum Gasteiger partial charge on any atom is 0.252 e. The lowest BCUT2D eigenvalue weighted by molar-refractivity contribution is 0.0943. The normalized spacial score (nSPS) is 16.6. The van der Waals surface area contributed by atoms with E-state index in [1.807, 2.05) is 13.0 Å². The van der Waals surface area contributed by atoms with Crippen molar-refractivity contribution in [2.75, 3.05) is 13.1 Å². The predicted octanol–water partition coefficient (Wildman–Crippen LogP) is 1.25. The van der Waals surface area contributed by atoms with Crippen molar-refractivity contribution in [3.8, 4) is 0 Å². The molecule has 0 unspecified atom stereocenters. The summed E-state index contributed by atoms with van der Waals surface area (Å²) in [4.78, 5) is 15.9. The number of nitrogens with two attached hydrogens (primary N) is 1. The summed E-state index contributed by atoms with van der Waals surface area (Å²) < 4.78 is 0. The molecule has 0 saturated heterocycles. The van der Waals surface area contributed by atoms with Gasteiger partial charge in [0.2, 0.25) is 0 Å². The smallest absolute Gasteiger partial charge is 0.252 e. The third-order valence-electron chi connectivity index (χ3n) is 3.39. The number of nitrogens with zero attached hydrogens (tertiary/aromatic N) is 1. The fraction of sp³-hybridized carbons (Fsp3) is 0.538. The number of amides is 1. The Hall–Kier alpha value is -1.42. The van der Waals surface area contributed by atoms with Gasteiger partial charge in [0, 0.05) is 18.9 Å². The Kier molecular flexibility index (Phi) is 3.43. The van der Waals surface area contributed by atoms with E-state index in [1.165, 1.54) is 12.8 Å². The third-order valence-corrected chi connectivity index (χ3v) is 3.39. The van der Waals surface area contributed by atoms with Gasteiger partial charge in [0.25, 0.3) is 5.91 Å². The highest BCUT2D eigenvalue weighted by atomic mass is 16.1. The third kappa shape index (κ3) is 3.03. The molecule has 0 aromatic carbocycles. The zero-order chi connectivity index (χ0) is 12.3. The minimum atomic E-state index is -0.0375. The summed E-state index contributed by atoms with van der Waals surface area (Å²) in [6.07, 6.45) is 6.70. The number of hydrogen-bond donors (Lipinski definition) is 2. The first kappa shape index (κ1) is 12.0. The molecule has 1 aromatic rings. The highest BCUT2D eigenvalue weighted by molar-refractivity contribution is 5.94. The van der Waals surface area contributed by atoms with Crippen molar-refractivity contribution < 1.29 is 4.79 Å². The maximum absolute atomic E-state index is 11.9. The largest absolute Gasteiger partial charge is 0.351 e. The number of nitrogens with one attached hydrogen (secondary N) is 1. The fourth-order valence-electron chi connectivity index (χ4n) is 2.05. The molecule has 0 spiro atoms. The standard InChI is InChI=1S/C13H19N3O/c1-10-6-11(8-15-7-10)12(17)16-9-13(2-3-13)4-5-14/h6-8H,2-5,9,14H2,1H3,(H,16,17). The van der Waals surface area contributed by atoms with Gasteiger partial charge in [-0.1, -0.05) is 0 Å². The SMILES string of the molecule is Cc1cncc(C(=O)NCC2(CCN)CC2)c1. The first-order valence-electron chi connectivity index (χ1n) is 6.05. The van der Waals surface area contributed by atoms with E-state index in [2.05, 4.69) is 10.3 Å². The molecule has 1 aromatic heterocycles. The molecule has 0 bridgehead atoms. The van der Waals surface area contributed by atoms with Crippen LogP contribution in [0.1, 0.15) is 35.2 Å². The molecule has 0 aliphatic heterocycles. The van der Waals surface area contributed by atoms with Crippen LogP contribution in [0, 0.1) is 12.3 Å². The molecule has 3 N–H and O–H groups in total. The van der Waals surface area contributed by atoms with Crippen LogP contribution in [0.5, 0.6) is 0 Å². The van der Waals surface area contributed by atoms with Crippen LogP contribution in [-0.2, 0) is 0 Å². The number of carbonyl (C=O) groups excluding carboxylic acids is 1. The van der Waals surface area contributed by atoms with Crippen LogP contribution < -0.4 is 11.1 Å². The summed E-state index contributed by atoms with van der Waals surface area (Å²) in [5, 5.41) is 2.98. The molecule has 17 heavy (non-hydrogen) atoms. The molecule has 4 nitrogen and oxygen atoms in total. The van der Waals surface area contributed by atoms with Crippen LogP contribution in [0.3, 0.4) is 0 Å². The average molecular weight is 233 g/mol. The quantitative estimate of drug-likeness (QED) is 0.804. The van der Waals surface area contributed by atoms with Crippen molar-refractivity contribution in [1.82, 2.24) is 10.3 Å². The van der Waals surface area contributed by atoms with Crippen molar-refractivity contribution in [1.29, 1.82) is 0 Å². The van der Waals surface area contributed by atoms with Gasteiger partial charge < -0.3 is 11.1 Å². The van der Waals surface area contributed by atoms with Gasteiger partial charge >= 0.3 is 0 Å². The summed E-state index contributed by atoms with van der Waals surface area (Å²) in [7, 11) is 0. The van der Waals surface area contributed by atoms with Crippen LogP contribution in [0.15, 0.2) is 18.5 Å². The monoisotopic (exact) mass is 233 g/mol. The van der Waals surface area contributed by atoms with Gasteiger partial charge in [-0.15, -0.1) is 0 Å². The van der Waals surface area contributed by atoms with E-state index in [9.17, 15) is 4.79 Å². The first-order valence-corrected chi connectivity index (χ1v) is 6.05. The van der Waals surface area contributed by atoms with E-state index in [-0.39, 0.29) is 11.3 Å². The van der Waals surface area contributed by atoms with Gasteiger partial charge in [-0.2, -0.15) is 0 Å². The lowest BCUT2D eigenvalue weighted by Crippen LogP contribution is -2.31. The topological polar surface area (TPSA) is 68.0 Å². The number of pyridine rings is 1. The highest BCUT2D eigenvalue weighted by Gasteiger charge is 2.41. The number of aromatic nitrogens is 1. The zero-order valence-electron chi connectivity index (χ0n) is 10.2. The molecule has 1 amide bonds. The molecule has 1 saturated carbocycles. The number of carbonyl (C=O) groups is 1. The Balaban J connectivity index is 1.90. The lowest BCUT2D eigenvalue weighted by Gasteiger charge is -2.14. The van der Waals surface area contributed by atoms with Crippen molar-refractivity contribution in [2.24, 2.45) is 11.1 Å². The van der Waals surface area contributed by atoms with Crippen LogP contribution in [0.2, 0.25) is 0 Å². The van der Waals surface area contributed by atoms with Crippen LogP contribution >= 0.6 is 0 Å². The second-order valence-electron chi connectivity index (χ2n) is 4.97. The summed E-state index contributed by atoms with van der Waals surface area (Å²) >= 11 is 0. The van der Waals surface area contributed by atoms with Crippen molar-refractivity contribution >= 4 is 5.91 Å². The Labute approximate surface area is 102 Å². The van der Waals surface area contributed by atoms with Crippen LogP contribution in [0.4, 0.5) is 0 Å². The van der Waals surface area contributed by atoms with E-state index in [0.717, 1.165) is 18.5 Å². The van der Waals surface area contributed by atoms with Gasteiger partial charge in [-0.25, -0.2) is 0 Å². The summed E-state index contributed by atoms with van der Waals surface area (Å²) in [6, 6.07) is 1.85. The molecule has 1 fully saturated rings. The zero-order valence-corrected chi connectivity index (χ0v) is 10.2. The maximum atomic E-state index is 11.9. The molecular weight excluding hydrogens is 214 g/mol. The molecule has 2 rings (SSSR count).